The lowest BCUT2D eigenvalue weighted by molar-refractivity contribution is 0.604. The van der Waals surface area contributed by atoms with Gasteiger partial charge in [0, 0.05) is 6.04 Å². The van der Waals surface area contributed by atoms with Gasteiger partial charge in [-0.3, -0.25) is 5.32 Å². The molecule has 1 N–H and O–H groups in total. The molecule has 0 aliphatic rings. The van der Waals surface area contributed by atoms with Gasteiger partial charge < -0.3 is 0 Å². The number of halogens is 2. The molecule has 0 amide bonds. The standard InChI is InChI=1S/C11H11BrFN/c1-3-6-14-8(2)9-4-5-11(13)10(12)7-9/h1,4-5,7-8,14H,6H2,2H3. The van der Waals surface area contributed by atoms with Gasteiger partial charge in [0.2, 0.25) is 0 Å². The molecular weight excluding hydrogens is 245 g/mol. The second-order valence-corrected chi connectivity index (χ2v) is 3.83. The lowest BCUT2D eigenvalue weighted by Gasteiger charge is -2.12. The Bertz CT molecular complexity index is 357. The SMILES string of the molecule is C#CCNC(C)c1ccc(F)c(Br)c1. The lowest BCUT2D eigenvalue weighted by atomic mass is 10.1. The summed E-state index contributed by atoms with van der Waals surface area (Å²) >= 11 is 3.14. The molecular formula is C11H11BrFN. The van der Waals surface area contributed by atoms with Gasteiger partial charge in [-0.15, -0.1) is 6.42 Å². The Labute approximate surface area is 91.8 Å². The molecule has 0 heterocycles. The summed E-state index contributed by atoms with van der Waals surface area (Å²) in [5.41, 5.74) is 1.01. The molecule has 0 aliphatic heterocycles. The van der Waals surface area contributed by atoms with Crippen LogP contribution in [0, 0.1) is 18.2 Å². The zero-order valence-electron chi connectivity index (χ0n) is 7.85. The molecule has 1 aromatic carbocycles. The van der Waals surface area contributed by atoms with Crippen LogP contribution in [0.1, 0.15) is 18.5 Å². The van der Waals surface area contributed by atoms with Crippen LogP contribution in [0.4, 0.5) is 4.39 Å². The summed E-state index contributed by atoms with van der Waals surface area (Å²) in [6, 6.07) is 5.06. The van der Waals surface area contributed by atoms with Crippen molar-refractivity contribution in [1.82, 2.24) is 5.32 Å². The summed E-state index contributed by atoms with van der Waals surface area (Å²) < 4.78 is 13.4. The van der Waals surface area contributed by atoms with Crippen LogP contribution in [0.3, 0.4) is 0 Å². The molecule has 0 bridgehead atoms. The van der Waals surface area contributed by atoms with Crippen molar-refractivity contribution in [3.63, 3.8) is 0 Å². The molecule has 0 saturated carbocycles. The minimum absolute atomic E-state index is 0.128. The van der Waals surface area contributed by atoms with Gasteiger partial charge in [0.1, 0.15) is 5.82 Å². The first kappa shape index (κ1) is 11.2. The predicted molar refractivity (Wildman–Crippen MR) is 59.4 cm³/mol. The van der Waals surface area contributed by atoms with Gasteiger partial charge in [-0.1, -0.05) is 12.0 Å². The third kappa shape index (κ3) is 2.83. The Morgan fingerprint density at radius 1 is 1.64 bits per heavy atom. The highest BCUT2D eigenvalue weighted by molar-refractivity contribution is 9.10. The molecule has 0 fully saturated rings. The summed E-state index contributed by atoms with van der Waals surface area (Å²) in [5, 5.41) is 3.12. The molecule has 0 aromatic heterocycles. The first-order valence-electron chi connectivity index (χ1n) is 4.27. The van der Waals surface area contributed by atoms with Crippen molar-refractivity contribution in [1.29, 1.82) is 0 Å². The van der Waals surface area contributed by atoms with Gasteiger partial charge >= 0.3 is 0 Å². The molecule has 74 valence electrons. The summed E-state index contributed by atoms with van der Waals surface area (Å²) in [4.78, 5) is 0. The number of benzene rings is 1. The molecule has 1 rings (SSSR count). The summed E-state index contributed by atoms with van der Waals surface area (Å²) in [7, 11) is 0. The van der Waals surface area contributed by atoms with Crippen LogP contribution in [-0.2, 0) is 0 Å². The van der Waals surface area contributed by atoms with Gasteiger partial charge in [0.25, 0.3) is 0 Å². The highest BCUT2D eigenvalue weighted by Crippen LogP contribution is 2.20. The molecule has 1 nitrogen and oxygen atoms in total. The van der Waals surface area contributed by atoms with E-state index in [0.717, 1.165) is 5.56 Å². The first-order valence-corrected chi connectivity index (χ1v) is 5.06. The summed E-state index contributed by atoms with van der Waals surface area (Å²) in [5.74, 6) is 2.25. The monoisotopic (exact) mass is 255 g/mol. The molecule has 3 heteroatoms. The molecule has 1 aromatic rings. The van der Waals surface area contributed by atoms with E-state index in [1.54, 1.807) is 12.1 Å². The average Bonchev–Trinajstić information content (AvgIpc) is 2.18. The Morgan fingerprint density at radius 2 is 2.36 bits per heavy atom. The van der Waals surface area contributed by atoms with E-state index >= 15 is 0 Å². The number of terminal acetylenes is 1. The van der Waals surface area contributed by atoms with Crippen molar-refractivity contribution in [3.8, 4) is 12.3 Å². The normalized spacial score (nSPS) is 12.1. The minimum Gasteiger partial charge on any atom is -0.300 e. The van der Waals surface area contributed by atoms with Crippen LogP contribution in [-0.4, -0.2) is 6.54 Å². The molecule has 14 heavy (non-hydrogen) atoms. The van der Waals surface area contributed by atoms with E-state index in [4.69, 9.17) is 6.42 Å². The minimum atomic E-state index is -0.252. The molecule has 0 aliphatic carbocycles. The van der Waals surface area contributed by atoms with Gasteiger partial charge in [0.15, 0.2) is 0 Å². The molecule has 0 saturated heterocycles. The summed E-state index contributed by atoms with van der Waals surface area (Å²) in [6.07, 6.45) is 5.13. The Hall–Kier alpha value is -0.850. The Balaban J connectivity index is 2.76. The van der Waals surface area contributed by atoms with E-state index < -0.39 is 0 Å². The zero-order valence-corrected chi connectivity index (χ0v) is 9.44. The lowest BCUT2D eigenvalue weighted by Crippen LogP contribution is -2.18. The number of hydrogen-bond donors (Lipinski definition) is 1. The van der Waals surface area contributed by atoms with Crippen LogP contribution >= 0.6 is 15.9 Å². The second-order valence-electron chi connectivity index (χ2n) is 2.98. The fourth-order valence-corrected chi connectivity index (χ4v) is 1.51. The number of nitrogens with one attached hydrogen (secondary N) is 1. The predicted octanol–water partition coefficient (Wildman–Crippen LogP) is 2.87. The van der Waals surface area contributed by atoms with Crippen LogP contribution in [0.15, 0.2) is 22.7 Å². The maximum atomic E-state index is 12.9. The van der Waals surface area contributed by atoms with Crippen LogP contribution in [0.5, 0.6) is 0 Å². The topological polar surface area (TPSA) is 12.0 Å². The fourth-order valence-electron chi connectivity index (χ4n) is 1.11. The van der Waals surface area contributed by atoms with Gasteiger partial charge in [0.05, 0.1) is 11.0 Å². The van der Waals surface area contributed by atoms with Crippen molar-refractivity contribution >= 4 is 15.9 Å². The van der Waals surface area contributed by atoms with Crippen molar-refractivity contribution < 1.29 is 4.39 Å². The van der Waals surface area contributed by atoms with Gasteiger partial charge in [-0.25, -0.2) is 4.39 Å². The van der Waals surface area contributed by atoms with Crippen LogP contribution in [0.25, 0.3) is 0 Å². The van der Waals surface area contributed by atoms with E-state index in [1.165, 1.54) is 6.07 Å². The van der Waals surface area contributed by atoms with E-state index in [9.17, 15) is 4.39 Å². The molecule has 1 unspecified atom stereocenters. The largest absolute Gasteiger partial charge is 0.300 e. The number of rotatable bonds is 3. The van der Waals surface area contributed by atoms with Crippen molar-refractivity contribution in [2.24, 2.45) is 0 Å². The third-order valence-electron chi connectivity index (χ3n) is 1.95. The molecule has 0 radical (unpaired) electrons. The van der Waals surface area contributed by atoms with E-state index in [2.05, 4.69) is 27.2 Å². The smallest absolute Gasteiger partial charge is 0.137 e. The van der Waals surface area contributed by atoms with E-state index in [0.29, 0.717) is 11.0 Å². The molecule has 0 spiro atoms. The Kier molecular flexibility index (Phi) is 4.12. The maximum absolute atomic E-state index is 12.9. The van der Waals surface area contributed by atoms with E-state index in [-0.39, 0.29) is 11.9 Å². The fraction of sp³-hybridized carbons (Fsp3) is 0.273. The highest BCUT2D eigenvalue weighted by atomic mass is 79.9. The van der Waals surface area contributed by atoms with Gasteiger partial charge in [-0.05, 0) is 40.5 Å². The Morgan fingerprint density at radius 3 is 2.93 bits per heavy atom. The van der Waals surface area contributed by atoms with E-state index in [1.807, 2.05) is 6.92 Å². The van der Waals surface area contributed by atoms with Crippen LogP contribution in [0.2, 0.25) is 0 Å². The van der Waals surface area contributed by atoms with Gasteiger partial charge in [-0.2, -0.15) is 0 Å². The van der Waals surface area contributed by atoms with Crippen molar-refractivity contribution in [2.45, 2.75) is 13.0 Å². The second kappa shape index (κ2) is 5.14. The zero-order chi connectivity index (χ0) is 10.6. The number of hydrogen-bond acceptors (Lipinski definition) is 1. The first-order chi connectivity index (χ1) is 6.65. The molecule has 1 atom stereocenters. The van der Waals surface area contributed by atoms with Crippen LogP contribution < -0.4 is 5.32 Å². The average molecular weight is 256 g/mol. The highest BCUT2D eigenvalue weighted by Gasteiger charge is 2.06. The maximum Gasteiger partial charge on any atom is 0.137 e. The third-order valence-corrected chi connectivity index (χ3v) is 2.56. The summed E-state index contributed by atoms with van der Waals surface area (Å²) in [6.45, 7) is 2.49. The quantitative estimate of drug-likeness (QED) is 0.820. The van der Waals surface area contributed by atoms with Crippen molar-refractivity contribution in [3.05, 3.63) is 34.1 Å². The van der Waals surface area contributed by atoms with Crippen molar-refractivity contribution in [2.75, 3.05) is 6.54 Å².